The van der Waals surface area contributed by atoms with Gasteiger partial charge in [-0.2, -0.15) is 0 Å². The molecule has 0 bridgehead atoms. The van der Waals surface area contributed by atoms with Crippen molar-refractivity contribution in [2.75, 3.05) is 13.2 Å². The minimum Gasteiger partial charge on any atom is -0.395 e. The predicted molar refractivity (Wildman–Crippen MR) is 74.0 cm³/mol. The van der Waals surface area contributed by atoms with Gasteiger partial charge in [-0.25, -0.2) is 8.51 Å². The first-order chi connectivity index (χ1) is 8.65. The molecule has 0 aromatic heterocycles. The zero-order chi connectivity index (χ0) is 13.1. The van der Waals surface area contributed by atoms with Crippen LogP contribution in [0.3, 0.4) is 0 Å². The minimum atomic E-state index is -1.28. The topological polar surface area (TPSA) is 40.5 Å². The van der Waals surface area contributed by atoms with Crippen LogP contribution in [0.1, 0.15) is 24.8 Å². The molecule has 1 aliphatic heterocycles. The molecule has 1 aliphatic rings. The maximum absolute atomic E-state index is 12.7. The highest BCUT2D eigenvalue weighted by molar-refractivity contribution is 7.82. The van der Waals surface area contributed by atoms with E-state index in [0.717, 1.165) is 31.4 Å². The van der Waals surface area contributed by atoms with Crippen LogP contribution >= 0.6 is 11.6 Å². The first-order valence-electron chi connectivity index (χ1n) is 6.19. The Morgan fingerprint density at radius 2 is 2.28 bits per heavy atom. The van der Waals surface area contributed by atoms with Crippen molar-refractivity contribution in [2.24, 2.45) is 0 Å². The Hall–Kier alpha value is -0.420. The summed E-state index contributed by atoms with van der Waals surface area (Å²) in [5.41, 5.74) is 0.933. The summed E-state index contributed by atoms with van der Waals surface area (Å²) in [4.78, 5) is 0.680. The predicted octanol–water partition coefficient (Wildman–Crippen LogP) is 2.52. The molecule has 2 rings (SSSR count). The van der Waals surface area contributed by atoms with Crippen molar-refractivity contribution >= 4 is 22.6 Å². The number of piperidine rings is 1. The lowest BCUT2D eigenvalue weighted by Crippen LogP contribution is -2.43. The normalized spacial score (nSPS) is 22.9. The number of nitrogens with zero attached hydrogens (tertiary/aromatic N) is 1. The summed E-state index contributed by atoms with van der Waals surface area (Å²) in [5.74, 6) is 0. The average Bonchev–Trinajstić information content (AvgIpc) is 2.38. The van der Waals surface area contributed by atoms with Gasteiger partial charge in [0.2, 0.25) is 0 Å². The first kappa shape index (κ1) is 14.0. The monoisotopic (exact) mass is 287 g/mol. The summed E-state index contributed by atoms with van der Waals surface area (Å²) < 4.78 is 14.5. The summed E-state index contributed by atoms with van der Waals surface area (Å²) in [7, 11) is -1.28. The molecular weight excluding hydrogens is 270 g/mol. The number of aliphatic hydroxyl groups excluding tert-OH is 1. The van der Waals surface area contributed by atoms with Crippen molar-refractivity contribution in [3.8, 4) is 0 Å². The maximum Gasteiger partial charge on any atom is 0.129 e. The minimum absolute atomic E-state index is 0.0183. The van der Waals surface area contributed by atoms with E-state index < -0.39 is 11.0 Å². The lowest BCUT2D eigenvalue weighted by molar-refractivity contribution is 0.160. The third kappa shape index (κ3) is 2.77. The molecule has 0 saturated carbocycles. The summed E-state index contributed by atoms with van der Waals surface area (Å²) in [6.45, 7) is 2.72. The molecule has 1 fully saturated rings. The van der Waals surface area contributed by atoms with Crippen LogP contribution in [0.25, 0.3) is 0 Å². The third-order valence-electron chi connectivity index (χ3n) is 3.34. The fraction of sp³-hybridized carbons (Fsp3) is 0.538. The fourth-order valence-electron chi connectivity index (χ4n) is 2.33. The second kappa shape index (κ2) is 6.15. The Bertz CT molecular complexity index is 432. The van der Waals surface area contributed by atoms with Crippen LogP contribution < -0.4 is 0 Å². The molecule has 1 heterocycles. The first-order valence-corrected chi connectivity index (χ1v) is 7.68. The highest BCUT2D eigenvalue weighted by Crippen LogP contribution is 2.28. The van der Waals surface area contributed by atoms with E-state index in [9.17, 15) is 9.32 Å². The van der Waals surface area contributed by atoms with Crippen molar-refractivity contribution in [3.63, 3.8) is 0 Å². The zero-order valence-electron chi connectivity index (χ0n) is 10.4. The van der Waals surface area contributed by atoms with Crippen LogP contribution in [0.4, 0.5) is 0 Å². The highest BCUT2D eigenvalue weighted by Gasteiger charge is 2.28. The van der Waals surface area contributed by atoms with Crippen LogP contribution in [0.2, 0.25) is 5.02 Å². The highest BCUT2D eigenvalue weighted by atomic mass is 35.5. The van der Waals surface area contributed by atoms with Crippen molar-refractivity contribution in [1.82, 2.24) is 4.31 Å². The number of rotatable bonds is 3. The number of hydrogen-bond acceptors (Lipinski definition) is 2. The van der Waals surface area contributed by atoms with E-state index in [0.29, 0.717) is 9.92 Å². The molecule has 0 spiro atoms. The summed E-state index contributed by atoms with van der Waals surface area (Å²) in [6.07, 6.45) is 3.00. The Kier molecular flexibility index (Phi) is 4.78. The van der Waals surface area contributed by atoms with E-state index in [4.69, 9.17) is 11.6 Å². The summed E-state index contributed by atoms with van der Waals surface area (Å²) in [5, 5.41) is 9.92. The molecule has 1 saturated heterocycles. The number of aryl methyl sites for hydroxylation is 1. The van der Waals surface area contributed by atoms with E-state index in [1.807, 2.05) is 23.4 Å². The molecule has 18 heavy (non-hydrogen) atoms. The van der Waals surface area contributed by atoms with Gasteiger partial charge < -0.3 is 5.11 Å². The van der Waals surface area contributed by atoms with Gasteiger partial charge in [-0.3, -0.25) is 0 Å². The quantitative estimate of drug-likeness (QED) is 0.928. The Balaban J connectivity index is 2.30. The number of hydrogen-bond donors (Lipinski definition) is 1. The molecule has 3 nitrogen and oxygen atoms in total. The number of aliphatic hydroxyl groups is 1. The molecule has 0 aliphatic carbocycles. The van der Waals surface area contributed by atoms with Crippen molar-refractivity contribution in [2.45, 2.75) is 37.1 Å². The lowest BCUT2D eigenvalue weighted by atomic mass is 10.1. The zero-order valence-corrected chi connectivity index (χ0v) is 12.0. The Morgan fingerprint density at radius 1 is 1.50 bits per heavy atom. The SMILES string of the molecule is Cc1cccc(Cl)c1S(=O)N1CCCCC1CO. The van der Waals surface area contributed by atoms with Gasteiger partial charge in [-0.05, 0) is 31.4 Å². The van der Waals surface area contributed by atoms with Crippen LogP contribution in [0.5, 0.6) is 0 Å². The van der Waals surface area contributed by atoms with Gasteiger partial charge in [0.25, 0.3) is 0 Å². The van der Waals surface area contributed by atoms with Gasteiger partial charge in [-0.15, -0.1) is 0 Å². The van der Waals surface area contributed by atoms with Gasteiger partial charge in [0.1, 0.15) is 11.0 Å². The molecule has 0 radical (unpaired) electrons. The molecule has 100 valence electrons. The third-order valence-corrected chi connectivity index (χ3v) is 5.56. The van der Waals surface area contributed by atoms with E-state index >= 15 is 0 Å². The van der Waals surface area contributed by atoms with Gasteiger partial charge in [0.15, 0.2) is 0 Å². The largest absolute Gasteiger partial charge is 0.395 e. The van der Waals surface area contributed by atoms with Gasteiger partial charge >= 0.3 is 0 Å². The molecule has 1 aromatic carbocycles. The van der Waals surface area contributed by atoms with Crippen LogP contribution in [-0.2, 0) is 11.0 Å². The van der Waals surface area contributed by atoms with Crippen molar-refractivity contribution in [1.29, 1.82) is 0 Å². The second-order valence-electron chi connectivity index (χ2n) is 4.61. The smallest absolute Gasteiger partial charge is 0.129 e. The van der Waals surface area contributed by atoms with Crippen LogP contribution in [-0.4, -0.2) is 32.8 Å². The molecule has 5 heteroatoms. The lowest BCUT2D eigenvalue weighted by Gasteiger charge is -2.33. The summed E-state index contributed by atoms with van der Waals surface area (Å²) >= 11 is 6.15. The molecule has 1 N–H and O–H groups in total. The van der Waals surface area contributed by atoms with E-state index in [2.05, 4.69) is 0 Å². The second-order valence-corrected chi connectivity index (χ2v) is 6.39. The molecular formula is C13H18ClNO2S. The standard InChI is InChI=1S/C13H18ClNO2S/c1-10-5-4-7-12(14)13(10)18(17)15-8-3-2-6-11(15)9-16/h4-5,7,11,16H,2-3,6,8-9H2,1H3. The molecule has 0 amide bonds. The molecule has 1 aromatic rings. The van der Waals surface area contributed by atoms with Crippen LogP contribution in [0, 0.1) is 6.92 Å². The number of halogens is 1. The van der Waals surface area contributed by atoms with Gasteiger partial charge in [0, 0.05) is 12.6 Å². The Morgan fingerprint density at radius 3 is 2.94 bits per heavy atom. The Labute approximate surface area is 115 Å². The van der Waals surface area contributed by atoms with Crippen molar-refractivity contribution < 1.29 is 9.32 Å². The van der Waals surface area contributed by atoms with Gasteiger partial charge in [-0.1, -0.05) is 30.2 Å². The van der Waals surface area contributed by atoms with Crippen LogP contribution in [0.15, 0.2) is 23.1 Å². The fourth-order valence-corrected chi connectivity index (χ4v) is 4.30. The average molecular weight is 288 g/mol. The number of benzene rings is 1. The molecule has 2 atom stereocenters. The molecule has 2 unspecified atom stereocenters. The van der Waals surface area contributed by atoms with E-state index in [-0.39, 0.29) is 12.6 Å². The maximum atomic E-state index is 12.7. The van der Waals surface area contributed by atoms with Gasteiger partial charge in [0.05, 0.1) is 16.5 Å². The van der Waals surface area contributed by atoms with Crippen molar-refractivity contribution in [3.05, 3.63) is 28.8 Å². The van der Waals surface area contributed by atoms with E-state index in [1.165, 1.54) is 0 Å². The summed E-state index contributed by atoms with van der Waals surface area (Å²) in [6, 6.07) is 5.52. The van der Waals surface area contributed by atoms with E-state index in [1.54, 1.807) is 6.07 Å².